The lowest BCUT2D eigenvalue weighted by Gasteiger charge is -2.24. The number of benzene rings is 1. The number of rotatable bonds is 6. The van der Waals surface area contributed by atoms with E-state index in [9.17, 15) is 4.79 Å². The summed E-state index contributed by atoms with van der Waals surface area (Å²) >= 11 is 0. The van der Waals surface area contributed by atoms with Crippen molar-refractivity contribution < 1.29 is 4.79 Å². The summed E-state index contributed by atoms with van der Waals surface area (Å²) in [7, 11) is 0. The highest BCUT2D eigenvalue weighted by atomic mass is 16.2. The minimum Gasteiger partial charge on any atom is -0.310 e. The molecule has 0 saturated carbocycles. The number of aryl methyl sites for hydroxylation is 1. The van der Waals surface area contributed by atoms with Gasteiger partial charge in [-0.1, -0.05) is 49.3 Å². The Balaban J connectivity index is 2.32. The van der Waals surface area contributed by atoms with Crippen LogP contribution in [0.5, 0.6) is 0 Å². The normalized spacial score (nSPS) is 13.0. The fourth-order valence-electron chi connectivity index (χ4n) is 2.61. The molecular formula is C19H23N5O. The van der Waals surface area contributed by atoms with Crippen LogP contribution in [0, 0.1) is 12.8 Å². The zero-order valence-corrected chi connectivity index (χ0v) is 15.0. The highest BCUT2D eigenvalue weighted by Crippen LogP contribution is 2.28. The smallest absolute Gasteiger partial charge is 0.241 e. The van der Waals surface area contributed by atoms with Crippen molar-refractivity contribution in [3.05, 3.63) is 69.7 Å². The number of pyridine rings is 1. The number of amides is 1. The second kappa shape index (κ2) is 7.81. The maximum Gasteiger partial charge on any atom is 0.241 e. The van der Waals surface area contributed by atoms with Crippen molar-refractivity contribution >= 4 is 11.7 Å². The fraction of sp³-hybridized carbons (Fsp3) is 0.368. The van der Waals surface area contributed by atoms with Crippen LogP contribution in [0.25, 0.3) is 10.4 Å². The summed E-state index contributed by atoms with van der Waals surface area (Å²) in [5.41, 5.74) is 10.3. The van der Waals surface area contributed by atoms with E-state index in [2.05, 4.69) is 34.2 Å². The molecule has 1 heterocycles. The number of carbonyl (C=O) groups is 1. The second-order valence-electron chi connectivity index (χ2n) is 6.68. The number of azide groups is 1. The summed E-state index contributed by atoms with van der Waals surface area (Å²) in [6.45, 7) is 7.77. The zero-order valence-electron chi connectivity index (χ0n) is 15.0. The number of aromatic nitrogens is 1. The topological polar surface area (TPSA) is 90.8 Å². The van der Waals surface area contributed by atoms with E-state index in [0.717, 1.165) is 12.0 Å². The molecule has 1 amide bonds. The average molecular weight is 337 g/mol. The van der Waals surface area contributed by atoms with Gasteiger partial charge in [-0.25, -0.2) is 4.98 Å². The van der Waals surface area contributed by atoms with E-state index in [1.807, 2.05) is 37.3 Å². The maximum atomic E-state index is 12.8. The van der Waals surface area contributed by atoms with E-state index in [-0.39, 0.29) is 0 Å². The molecule has 1 aromatic heterocycles. The number of nitrogens with one attached hydrogen (secondary N) is 1. The third-order valence-corrected chi connectivity index (χ3v) is 4.09. The number of anilines is 1. The Morgan fingerprint density at radius 3 is 2.56 bits per heavy atom. The minimum absolute atomic E-state index is 0.413. The van der Waals surface area contributed by atoms with Crippen LogP contribution >= 0.6 is 0 Å². The van der Waals surface area contributed by atoms with Gasteiger partial charge in [-0.05, 0) is 54.5 Å². The van der Waals surface area contributed by atoms with Gasteiger partial charge < -0.3 is 5.32 Å². The van der Waals surface area contributed by atoms with Gasteiger partial charge in [0.05, 0.1) is 0 Å². The van der Waals surface area contributed by atoms with E-state index < -0.39 is 11.4 Å². The zero-order chi connectivity index (χ0) is 18.4. The minimum atomic E-state index is -1.35. The van der Waals surface area contributed by atoms with Gasteiger partial charge in [0.25, 0.3) is 0 Å². The molecule has 1 atom stereocenters. The van der Waals surface area contributed by atoms with Crippen molar-refractivity contribution in [2.24, 2.45) is 11.0 Å². The highest BCUT2D eigenvalue weighted by molar-refractivity contribution is 5.98. The molecule has 25 heavy (non-hydrogen) atoms. The van der Waals surface area contributed by atoms with Crippen molar-refractivity contribution in [1.29, 1.82) is 0 Å². The third kappa shape index (κ3) is 4.37. The molecule has 2 rings (SSSR count). The van der Waals surface area contributed by atoms with E-state index >= 15 is 0 Å². The predicted molar refractivity (Wildman–Crippen MR) is 99.1 cm³/mol. The largest absolute Gasteiger partial charge is 0.310 e. The predicted octanol–water partition coefficient (Wildman–Crippen LogP) is 4.75. The molecular weight excluding hydrogens is 314 g/mol. The van der Waals surface area contributed by atoms with E-state index in [4.69, 9.17) is 5.53 Å². The fourth-order valence-corrected chi connectivity index (χ4v) is 2.61. The molecule has 0 radical (unpaired) electrons. The molecule has 0 bridgehead atoms. The molecule has 0 aliphatic carbocycles. The van der Waals surface area contributed by atoms with Gasteiger partial charge in [0.15, 0.2) is 0 Å². The summed E-state index contributed by atoms with van der Waals surface area (Å²) < 4.78 is 0. The van der Waals surface area contributed by atoms with Crippen LogP contribution in [0.1, 0.15) is 37.5 Å². The maximum absolute atomic E-state index is 12.8. The van der Waals surface area contributed by atoms with Crippen molar-refractivity contribution in [3.8, 4) is 0 Å². The molecule has 1 N–H and O–H groups in total. The van der Waals surface area contributed by atoms with Crippen molar-refractivity contribution in [1.82, 2.24) is 4.98 Å². The van der Waals surface area contributed by atoms with Crippen LogP contribution < -0.4 is 5.32 Å². The molecule has 0 spiro atoms. The molecule has 1 unspecified atom stereocenters. The molecule has 6 nitrogen and oxygen atoms in total. The third-order valence-electron chi connectivity index (χ3n) is 4.09. The summed E-state index contributed by atoms with van der Waals surface area (Å²) in [4.78, 5) is 19.9. The van der Waals surface area contributed by atoms with Gasteiger partial charge in [-0.15, -0.1) is 0 Å². The number of nitrogens with zero attached hydrogens (tertiary/aromatic N) is 4. The summed E-state index contributed by atoms with van der Waals surface area (Å²) in [6.07, 6.45) is 2.56. The van der Waals surface area contributed by atoms with E-state index in [0.29, 0.717) is 17.3 Å². The Kier molecular flexibility index (Phi) is 5.78. The first-order valence-corrected chi connectivity index (χ1v) is 8.25. The Morgan fingerprint density at radius 2 is 2.00 bits per heavy atom. The van der Waals surface area contributed by atoms with Crippen molar-refractivity contribution in [2.75, 3.05) is 5.32 Å². The molecule has 0 saturated heterocycles. The van der Waals surface area contributed by atoms with Crippen molar-refractivity contribution in [2.45, 2.75) is 39.7 Å². The van der Waals surface area contributed by atoms with Crippen molar-refractivity contribution in [3.63, 3.8) is 0 Å². The Labute approximate surface area is 147 Å². The van der Waals surface area contributed by atoms with E-state index in [1.165, 1.54) is 5.56 Å². The van der Waals surface area contributed by atoms with Gasteiger partial charge in [-0.3, -0.25) is 4.79 Å². The van der Waals surface area contributed by atoms with Gasteiger partial charge in [0.1, 0.15) is 11.4 Å². The lowest BCUT2D eigenvalue weighted by atomic mass is 9.90. The van der Waals surface area contributed by atoms with Gasteiger partial charge >= 0.3 is 0 Å². The molecule has 0 aliphatic rings. The van der Waals surface area contributed by atoms with Crippen LogP contribution in [0.2, 0.25) is 0 Å². The standard InChI is InChI=1S/C19H23N5O/c1-13(2)12-15-7-9-16(10-8-15)19(4,23-24-20)18(25)22-17-14(3)6-5-11-21-17/h5-11,13H,12H2,1-4H3,(H,21,22,25). The molecule has 0 fully saturated rings. The van der Waals surface area contributed by atoms with Gasteiger partial charge in [0, 0.05) is 11.1 Å². The molecule has 1 aromatic carbocycles. The number of carbonyl (C=O) groups excluding carboxylic acids is 1. The van der Waals surface area contributed by atoms with Crippen LogP contribution in [0.15, 0.2) is 47.7 Å². The monoisotopic (exact) mass is 337 g/mol. The van der Waals surface area contributed by atoms with Crippen LogP contribution in [0.3, 0.4) is 0 Å². The molecule has 2 aromatic rings. The van der Waals surface area contributed by atoms with Crippen LogP contribution in [-0.4, -0.2) is 10.9 Å². The number of hydrogen-bond acceptors (Lipinski definition) is 3. The first kappa shape index (κ1) is 18.5. The van der Waals surface area contributed by atoms with Gasteiger partial charge in [-0.2, -0.15) is 0 Å². The number of hydrogen-bond donors (Lipinski definition) is 1. The highest BCUT2D eigenvalue weighted by Gasteiger charge is 2.35. The summed E-state index contributed by atoms with van der Waals surface area (Å²) in [5.74, 6) is 0.594. The summed E-state index contributed by atoms with van der Waals surface area (Å²) in [5, 5.41) is 6.55. The van der Waals surface area contributed by atoms with Crippen LogP contribution in [-0.2, 0) is 16.8 Å². The molecule has 6 heteroatoms. The lowest BCUT2D eigenvalue weighted by molar-refractivity contribution is -0.120. The second-order valence-corrected chi connectivity index (χ2v) is 6.68. The quantitative estimate of drug-likeness (QED) is 0.468. The summed E-state index contributed by atoms with van der Waals surface area (Å²) in [6, 6.07) is 11.3. The first-order chi connectivity index (χ1) is 11.9. The Bertz CT molecular complexity index is 794. The SMILES string of the molecule is Cc1cccnc1NC(=O)C(C)(N=[N+]=[N-])c1ccc(CC(C)C)cc1. The average Bonchev–Trinajstić information content (AvgIpc) is 2.57. The van der Waals surface area contributed by atoms with E-state index in [1.54, 1.807) is 19.2 Å². The van der Waals surface area contributed by atoms with Gasteiger partial charge in [0.2, 0.25) is 5.91 Å². The van der Waals surface area contributed by atoms with Crippen LogP contribution in [0.4, 0.5) is 5.82 Å². The molecule has 0 aliphatic heterocycles. The molecule has 130 valence electrons. The lowest BCUT2D eigenvalue weighted by Crippen LogP contribution is -2.36. The Hall–Kier alpha value is -2.85. The first-order valence-electron chi connectivity index (χ1n) is 8.25. The Morgan fingerprint density at radius 1 is 1.32 bits per heavy atom.